The van der Waals surface area contributed by atoms with E-state index < -0.39 is 6.10 Å². The summed E-state index contributed by atoms with van der Waals surface area (Å²) in [5.74, 6) is -0.325. The van der Waals surface area contributed by atoms with Crippen LogP contribution in [0.1, 0.15) is 58.3 Å². The van der Waals surface area contributed by atoms with Gasteiger partial charge in [0.2, 0.25) is 0 Å². The Hall–Kier alpha value is -0.570. The lowest BCUT2D eigenvalue weighted by molar-refractivity contribution is -0.142. The summed E-state index contributed by atoms with van der Waals surface area (Å²) in [5, 5.41) is 9.45. The van der Waals surface area contributed by atoms with Crippen molar-refractivity contribution in [3.05, 3.63) is 0 Å². The molecule has 1 atom stereocenters. The minimum Gasteiger partial charge on any atom is -0.469 e. The van der Waals surface area contributed by atoms with Crippen LogP contribution in [0.3, 0.4) is 0 Å². The van der Waals surface area contributed by atoms with Crippen LogP contribution < -0.4 is 0 Å². The molecule has 0 aliphatic heterocycles. The summed E-state index contributed by atoms with van der Waals surface area (Å²) < 4.78 is 4.48. The van der Waals surface area contributed by atoms with Gasteiger partial charge in [-0.1, -0.05) is 45.4 Å². The van der Waals surface area contributed by atoms with Gasteiger partial charge in [-0.25, -0.2) is 0 Å². The molecule has 0 aromatic heterocycles. The topological polar surface area (TPSA) is 46.5 Å². The standard InChI is InChI=1S/C12H24O3/c1-3-4-5-6-7-8-9-11(13)10-12(14)15-2/h11,13H,3-10H2,1-2H3/t11-/m0/s1. The Bertz CT molecular complexity index is 157. The molecule has 0 rings (SSSR count). The SMILES string of the molecule is CCCCCCCC[C@H](O)CC(=O)OC. The first-order valence-electron chi connectivity index (χ1n) is 5.95. The number of carbonyl (C=O) groups excluding carboxylic acids is 1. The van der Waals surface area contributed by atoms with E-state index in [1.54, 1.807) is 0 Å². The smallest absolute Gasteiger partial charge is 0.308 e. The molecule has 0 spiro atoms. The molecule has 0 bridgehead atoms. The number of hydrogen-bond donors (Lipinski definition) is 1. The Morgan fingerprint density at radius 3 is 2.40 bits per heavy atom. The molecule has 3 heteroatoms. The molecule has 0 radical (unpaired) electrons. The minimum atomic E-state index is -0.524. The van der Waals surface area contributed by atoms with Crippen LogP contribution in [0.5, 0.6) is 0 Å². The van der Waals surface area contributed by atoms with Crippen molar-refractivity contribution in [3.8, 4) is 0 Å². The minimum absolute atomic E-state index is 0.130. The maximum Gasteiger partial charge on any atom is 0.308 e. The first-order chi connectivity index (χ1) is 7.20. The second-order valence-electron chi connectivity index (χ2n) is 3.99. The molecule has 0 aromatic carbocycles. The second-order valence-corrected chi connectivity index (χ2v) is 3.99. The highest BCUT2D eigenvalue weighted by Gasteiger charge is 2.09. The van der Waals surface area contributed by atoms with Crippen LogP contribution in [0.15, 0.2) is 0 Å². The van der Waals surface area contributed by atoms with Crippen LogP contribution in [-0.2, 0) is 9.53 Å². The zero-order valence-corrected chi connectivity index (χ0v) is 10.00. The van der Waals surface area contributed by atoms with E-state index in [-0.39, 0.29) is 12.4 Å². The molecule has 0 saturated carbocycles. The van der Waals surface area contributed by atoms with Gasteiger partial charge in [0.05, 0.1) is 19.6 Å². The number of rotatable bonds is 9. The van der Waals surface area contributed by atoms with Gasteiger partial charge in [-0.05, 0) is 6.42 Å². The molecule has 0 aliphatic rings. The van der Waals surface area contributed by atoms with Gasteiger partial charge in [0, 0.05) is 0 Å². The van der Waals surface area contributed by atoms with Crippen molar-refractivity contribution >= 4 is 5.97 Å². The van der Waals surface area contributed by atoms with E-state index in [1.807, 2.05) is 0 Å². The van der Waals surface area contributed by atoms with E-state index in [4.69, 9.17) is 0 Å². The molecule has 0 aromatic rings. The number of carbonyl (C=O) groups is 1. The zero-order chi connectivity index (χ0) is 11.5. The Balaban J connectivity index is 3.23. The van der Waals surface area contributed by atoms with Gasteiger partial charge in [-0.15, -0.1) is 0 Å². The van der Waals surface area contributed by atoms with Gasteiger partial charge >= 0.3 is 5.97 Å². The van der Waals surface area contributed by atoms with Crippen molar-refractivity contribution < 1.29 is 14.6 Å². The predicted molar refractivity (Wildman–Crippen MR) is 60.6 cm³/mol. The van der Waals surface area contributed by atoms with Gasteiger partial charge in [0.15, 0.2) is 0 Å². The van der Waals surface area contributed by atoms with E-state index in [1.165, 1.54) is 32.8 Å². The summed E-state index contributed by atoms with van der Waals surface area (Å²) in [7, 11) is 1.35. The summed E-state index contributed by atoms with van der Waals surface area (Å²) in [4.78, 5) is 10.8. The van der Waals surface area contributed by atoms with Crippen LogP contribution in [0.2, 0.25) is 0 Å². The Kier molecular flexibility index (Phi) is 9.59. The van der Waals surface area contributed by atoms with Gasteiger partial charge in [-0.3, -0.25) is 4.79 Å². The molecular weight excluding hydrogens is 192 g/mol. The highest BCUT2D eigenvalue weighted by atomic mass is 16.5. The second kappa shape index (κ2) is 9.97. The largest absolute Gasteiger partial charge is 0.469 e. The van der Waals surface area contributed by atoms with Gasteiger partial charge < -0.3 is 9.84 Å². The van der Waals surface area contributed by atoms with E-state index in [0.29, 0.717) is 6.42 Å². The normalized spacial score (nSPS) is 12.5. The molecule has 0 saturated heterocycles. The summed E-state index contributed by atoms with van der Waals surface area (Å²) in [6.45, 7) is 2.19. The van der Waals surface area contributed by atoms with Gasteiger partial charge in [-0.2, -0.15) is 0 Å². The Morgan fingerprint density at radius 2 is 1.80 bits per heavy atom. The molecular formula is C12H24O3. The molecule has 15 heavy (non-hydrogen) atoms. The lowest BCUT2D eigenvalue weighted by Crippen LogP contribution is -2.14. The molecule has 3 nitrogen and oxygen atoms in total. The fourth-order valence-corrected chi connectivity index (χ4v) is 1.54. The highest BCUT2D eigenvalue weighted by Crippen LogP contribution is 2.10. The maximum atomic E-state index is 10.8. The lowest BCUT2D eigenvalue weighted by Gasteiger charge is -2.08. The molecule has 0 heterocycles. The number of esters is 1. The first kappa shape index (κ1) is 14.4. The summed E-state index contributed by atoms with van der Waals surface area (Å²) in [6, 6.07) is 0. The summed E-state index contributed by atoms with van der Waals surface area (Å²) in [5.41, 5.74) is 0. The number of unbranched alkanes of at least 4 members (excludes halogenated alkanes) is 5. The van der Waals surface area contributed by atoms with Crippen molar-refractivity contribution in [2.75, 3.05) is 7.11 Å². The maximum absolute atomic E-state index is 10.8. The fourth-order valence-electron chi connectivity index (χ4n) is 1.54. The number of methoxy groups -OCH3 is 1. The van der Waals surface area contributed by atoms with Crippen LogP contribution in [0.25, 0.3) is 0 Å². The van der Waals surface area contributed by atoms with Gasteiger partial charge in [0.25, 0.3) is 0 Å². The lowest BCUT2D eigenvalue weighted by atomic mass is 10.1. The highest BCUT2D eigenvalue weighted by molar-refractivity contribution is 5.69. The third-order valence-electron chi connectivity index (χ3n) is 2.52. The first-order valence-corrected chi connectivity index (χ1v) is 5.95. The van der Waals surface area contributed by atoms with E-state index in [9.17, 15) is 9.90 Å². The van der Waals surface area contributed by atoms with E-state index >= 15 is 0 Å². The Labute approximate surface area is 92.8 Å². The zero-order valence-electron chi connectivity index (χ0n) is 10.00. The van der Waals surface area contributed by atoms with Crippen LogP contribution in [0, 0.1) is 0 Å². The third-order valence-corrected chi connectivity index (χ3v) is 2.52. The van der Waals surface area contributed by atoms with Crippen molar-refractivity contribution in [1.82, 2.24) is 0 Å². The van der Waals surface area contributed by atoms with Crippen molar-refractivity contribution in [2.45, 2.75) is 64.4 Å². The monoisotopic (exact) mass is 216 g/mol. The summed E-state index contributed by atoms with van der Waals surface area (Å²) >= 11 is 0. The van der Waals surface area contributed by atoms with Crippen LogP contribution >= 0.6 is 0 Å². The molecule has 90 valence electrons. The predicted octanol–water partition coefficient (Wildman–Crippen LogP) is 2.66. The van der Waals surface area contributed by atoms with Crippen molar-refractivity contribution in [3.63, 3.8) is 0 Å². The average molecular weight is 216 g/mol. The fraction of sp³-hybridized carbons (Fsp3) is 0.917. The summed E-state index contributed by atoms with van der Waals surface area (Å²) in [6.07, 6.45) is 7.54. The Morgan fingerprint density at radius 1 is 1.20 bits per heavy atom. The van der Waals surface area contributed by atoms with Gasteiger partial charge in [0.1, 0.15) is 0 Å². The van der Waals surface area contributed by atoms with Crippen LogP contribution in [-0.4, -0.2) is 24.3 Å². The quantitative estimate of drug-likeness (QED) is 0.476. The molecule has 0 amide bonds. The van der Waals surface area contributed by atoms with E-state index in [2.05, 4.69) is 11.7 Å². The number of aliphatic hydroxyl groups is 1. The molecule has 1 N–H and O–H groups in total. The number of hydrogen-bond acceptors (Lipinski definition) is 3. The third kappa shape index (κ3) is 9.73. The van der Waals surface area contributed by atoms with Crippen LogP contribution in [0.4, 0.5) is 0 Å². The van der Waals surface area contributed by atoms with E-state index in [0.717, 1.165) is 12.8 Å². The van der Waals surface area contributed by atoms with Crippen molar-refractivity contribution in [2.24, 2.45) is 0 Å². The van der Waals surface area contributed by atoms with Crippen molar-refractivity contribution in [1.29, 1.82) is 0 Å². The number of ether oxygens (including phenoxy) is 1. The molecule has 0 fully saturated rings. The molecule has 0 unspecified atom stereocenters. The number of aliphatic hydroxyl groups excluding tert-OH is 1. The molecule has 0 aliphatic carbocycles. The average Bonchev–Trinajstić information content (AvgIpc) is 2.23.